The number of pyridine rings is 1. The Kier molecular flexibility index (Phi) is 3.79. The standard InChI is InChI=1S/C13H15N3O3/c1-8(5-12(18)19)16-11(17)6-9-7-15-13-10(9)3-2-4-14-13/h2-4,7-8H,5-6H2,1H3,(H,14,15)(H,16,17)(H,18,19). The number of hydrogen-bond acceptors (Lipinski definition) is 3. The van der Waals surface area contributed by atoms with E-state index in [0.717, 1.165) is 16.6 Å². The van der Waals surface area contributed by atoms with Crippen LogP contribution in [0.2, 0.25) is 0 Å². The predicted octanol–water partition coefficient (Wildman–Crippen LogP) is 1.08. The lowest BCUT2D eigenvalue weighted by Gasteiger charge is -2.11. The van der Waals surface area contributed by atoms with Crippen LogP contribution in [-0.2, 0) is 16.0 Å². The largest absolute Gasteiger partial charge is 0.481 e. The topological polar surface area (TPSA) is 95.1 Å². The van der Waals surface area contributed by atoms with E-state index in [1.54, 1.807) is 19.3 Å². The second kappa shape index (κ2) is 5.51. The molecule has 0 saturated carbocycles. The van der Waals surface area contributed by atoms with E-state index in [2.05, 4.69) is 15.3 Å². The summed E-state index contributed by atoms with van der Waals surface area (Å²) in [6, 6.07) is 3.32. The van der Waals surface area contributed by atoms with Crippen molar-refractivity contribution in [2.45, 2.75) is 25.8 Å². The molecule has 0 bridgehead atoms. The third-order valence-corrected chi connectivity index (χ3v) is 2.78. The van der Waals surface area contributed by atoms with Gasteiger partial charge in [-0.1, -0.05) is 0 Å². The molecule has 2 rings (SSSR count). The van der Waals surface area contributed by atoms with Crippen LogP contribution >= 0.6 is 0 Å². The Morgan fingerprint density at radius 2 is 2.32 bits per heavy atom. The first-order valence-corrected chi connectivity index (χ1v) is 5.98. The van der Waals surface area contributed by atoms with Crippen LogP contribution in [0.3, 0.4) is 0 Å². The Labute approximate surface area is 109 Å². The van der Waals surface area contributed by atoms with Crippen molar-refractivity contribution in [2.75, 3.05) is 0 Å². The van der Waals surface area contributed by atoms with Crippen LogP contribution in [0.25, 0.3) is 11.0 Å². The summed E-state index contributed by atoms with van der Waals surface area (Å²) in [6.45, 7) is 1.67. The molecule has 6 heteroatoms. The van der Waals surface area contributed by atoms with Crippen molar-refractivity contribution in [2.24, 2.45) is 0 Å². The molecule has 1 unspecified atom stereocenters. The maximum atomic E-state index is 11.8. The number of hydrogen-bond donors (Lipinski definition) is 3. The minimum atomic E-state index is -0.927. The van der Waals surface area contributed by atoms with Crippen molar-refractivity contribution in [3.63, 3.8) is 0 Å². The highest BCUT2D eigenvalue weighted by Gasteiger charge is 2.13. The monoisotopic (exact) mass is 261 g/mol. The summed E-state index contributed by atoms with van der Waals surface area (Å²) in [4.78, 5) is 29.5. The number of carbonyl (C=O) groups excluding carboxylic acids is 1. The smallest absolute Gasteiger partial charge is 0.305 e. The van der Waals surface area contributed by atoms with Crippen molar-refractivity contribution < 1.29 is 14.7 Å². The molecule has 0 aromatic carbocycles. The molecule has 0 saturated heterocycles. The molecule has 0 aliphatic heterocycles. The Hall–Kier alpha value is -2.37. The van der Waals surface area contributed by atoms with E-state index < -0.39 is 5.97 Å². The van der Waals surface area contributed by atoms with Crippen LogP contribution in [0.5, 0.6) is 0 Å². The summed E-state index contributed by atoms with van der Waals surface area (Å²) in [5, 5.41) is 12.2. The van der Waals surface area contributed by atoms with Gasteiger partial charge < -0.3 is 15.4 Å². The number of aromatic amines is 1. The number of carboxylic acid groups (broad SMARTS) is 1. The number of aliphatic carboxylic acids is 1. The molecule has 0 aliphatic rings. The first kappa shape index (κ1) is 13.1. The first-order chi connectivity index (χ1) is 9.06. The van der Waals surface area contributed by atoms with E-state index in [1.807, 2.05) is 12.1 Å². The van der Waals surface area contributed by atoms with Gasteiger partial charge in [0.05, 0.1) is 12.8 Å². The predicted molar refractivity (Wildman–Crippen MR) is 69.7 cm³/mol. The number of fused-ring (bicyclic) bond motifs is 1. The van der Waals surface area contributed by atoms with Crippen LogP contribution in [0.1, 0.15) is 18.9 Å². The molecule has 2 aromatic rings. The molecule has 0 radical (unpaired) electrons. The number of nitrogens with zero attached hydrogens (tertiary/aromatic N) is 1. The molecular weight excluding hydrogens is 246 g/mol. The fourth-order valence-electron chi connectivity index (χ4n) is 1.97. The number of nitrogens with one attached hydrogen (secondary N) is 2. The molecule has 2 heterocycles. The van der Waals surface area contributed by atoms with Crippen molar-refractivity contribution in [3.8, 4) is 0 Å². The van der Waals surface area contributed by atoms with Gasteiger partial charge in [-0.05, 0) is 24.6 Å². The Balaban J connectivity index is 2.01. The highest BCUT2D eigenvalue weighted by Crippen LogP contribution is 2.15. The maximum Gasteiger partial charge on any atom is 0.305 e. The molecule has 100 valence electrons. The van der Waals surface area contributed by atoms with E-state index >= 15 is 0 Å². The minimum Gasteiger partial charge on any atom is -0.481 e. The molecule has 19 heavy (non-hydrogen) atoms. The lowest BCUT2D eigenvalue weighted by atomic mass is 10.1. The second-order valence-electron chi connectivity index (χ2n) is 4.46. The Morgan fingerprint density at radius 1 is 1.53 bits per heavy atom. The van der Waals surface area contributed by atoms with Crippen LogP contribution in [-0.4, -0.2) is 33.0 Å². The van der Waals surface area contributed by atoms with Gasteiger partial charge in [0.15, 0.2) is 0 Å². The number of carbonyl (C=O) groups is 2. The molecule has 3 N–H and O–H groups in total. The van der Waals surface area contributed by atoms with E-state index in [0.29, 0.717) is 0 Å². The van der Waals surface area contributed by atoms with Gasteiger partial charge in [0, 0.05) is 23.8 Å². The molecule has 0 aliphatic carbocycles. The SMILES string of the molecule is CC(CC(=O)O)NC(=O)Cc1c[nH]c2ncccc12. The zero-order valence-electron chi connectivity index (χ0n) is 10.5. The van der Waals surface area contributed by atoms with Gasteiger partial charge in [-0.2, -0.15) is 0 Å². The van der Waals surface area contributed by atoms with E-state index in [4.69, 9.17) is 5.11 Å². The van der Waals surface area contributed by atoms with Crippen LogP contribution in [0, 0.1) is 0 Å². The van der Waals surface area contributed by atoms with Gasteiger partial charge in [-0.15, -0.1) is 0 Å². The number of aromatic nitrogens is 2. The highest BCUT2D eigenvalue weighted by molar-refractivity contribution is 5.87. The Morgan fingerprint density at radius 3 is 3.05 bits per heavy atom. The average molecular weight is 261 g/mol. The fourth-order valence-corrected chi connectivity index (χ4v) is 1.97. The molecule has 0 spiro atoms. The van der Waals surface area contributed by atoms with Crippen molar-refractivity contribution in [1.82, 2.24) is 15.3 Å². The molecule has 2 aromatic heterocycles. The van der Waals surface area contributed by atoms with Crippen LogP contribution in [0.15, 0.2) is 24.5 Å². The number of amides is 1. The zero-order valence-corrected chi connectivity index (χ0v) is 10.5. The maximum absolute atomic E-state index is 11.8. The minimum absolute atomic E-state index is 0.0822. The third kappa shape index (κ3) is 3.31. The van der Waals surface area contributed by atoms with Crippen LogP contribution in [0.4, 0.5) is 0 Å². The van der Waals surface area contributed by atoms with E-state index in [-0.39, 0.29) is 24.8 Å². The molecule has 6 nitrogen and oxygen atoms in total. The summed E-state index contributed by atoms with van der Waals surface area (Å²) >= 11 is 0. The normalized spacial score (nSPS) is 12.3. The summed E-state index contributed by atoms with van der Waals surface area (Å²) in [7, 11) is 0. The highest BCUT2D eigenvalue weighted by atomic mass is 16.4. The van der Waals surface area contributed by atoms with Gasteiger partial charge in [0.25, 0.3) is 0 Å². The van der Waals surface area contributed by atoms with Gasteiger partial charge in [-0.3, -0.25) is 9.59 Å². The van der Waals surface area contributed by atoms with Gasteiger partial charge >= 0.3 is 5.97 Å². The zero-order chi connectivity index (χ0) is 13.8. The van der Waals surface area contributed by atoms with E-state index in [9.17, 15) is 9.59 Å². The average Bonchev–Trinajstić information content (AvgIpc) is 2.71. The number of rotatable bonds is 5. The van der Waals surface area contributed by atoms with E-state index in [1.165, 1.54) is 0 Å². The second-order valence-corrected chi connectivity index (χ2v) is 4.46. The van der Waals surface area contributed by atoms with Crippen molar-refractivity contribution in [3.05, 3.63) is 30.1 Å². The quantitative estimate of drug-likeness (QED) is 0.750. The fraction of sp³-hybridized carbons (Fsp3) is 0.308. The summed E-state index contributed by atoms with van der Waals surface area (Å²) < 4.78 is 0. The van der Waals surface area contributed by atoms with Gasteiger partial charge in [0.1, 0.15) is 5.65 Å². The molecule has 0 fully saturated rings. The summed E-state index contributed by atoms with van der Waals surface area (Å²) in [6.07, 6.45) is 3.55. The molecule has 1 amide bonds. The third-order valence-electron chi connectivity index (χ3n) is 2.78. The molecular formula is C13H15N3O3. The van der Waals surface area contributed by atoms with Crippen LogP contribution < -0.4 is 5.32 Å². The summed E-state index contributed by atoms with van der Waals surface area (Å²) in [5.41, 5.74) is 1.59. The van der Waals surface area contributed by atoms with Gasteiger partial charge in [0.2, 0.25) is 5.91 Å². The first-order valence-electron chi connectivity index (χ1n) is 5.98. The lowest BCUT2D eigenvalue weighted by molar-refractivity contribution is -0.137. The number of H-pyrrole nitrogens is 1. The number of carboxylic acids is 1. The Bertz CT molecular complexity index is 606. The van der Waals surface area contributed by atoms with Crippen molar-refractivity contribution in [1.29, 1.82) is 0 Å². The summed E-state index contributed by atoms with van der Waals surface area (Å²) in [5.74, 6) is -1.12. The van der Waals surface area contributed by atoms with Gasteiger partial charge in [-0.25, -0.2) is 4.98 Å². The lowest BCUT2D eigenvalue weighted by Crippen LogP contribution is -2.35. The molecule has 1 atom stereocenters. The van der Waals surface area contributed by atoms with Crippen molar-refractivity contribution >= 4 is 22.9 Å².